The molecular weight excluding hydrogens is 352 g/mol. The van der Waals surface area contributed by atoms with Crippen LogP contribution in [-0.4, -0.2) is 68.2 Å². The molecule has 2 heterocycles. The van der Waals surface area contributed by atoms with Crippen LogP contribution in [0.25, 0.3) is 0 Å². The molecule has 0 aromatic rings. The number of amides is 1. The molecule has 0 aromatic heterocycles. The van der Waals surface area contributed by atoms with Gasteiger partial charge in [0.25, 0.3) is 0 Å². The van der Waals surface area contributed by atoms with Crippen LogP contribution in [0.3, 0.4) is 0 Å². The third kappa shape index (κ3) is 5.42. The molecule has 1 amide bonds. The Balaban J connectivity index is 1.39. The zero-order valence-corrected chi connectivity index (χ0v) is 16.9. The molecule has 0 radical (unpaired) electrons. The molecule has 0 aromatic carbocycles. The molecule has 150 valence electrons. The van der Waals surface area contributed by atoms with E-state index in [2.05, 4.69) is 4.90 Å². The Labute approximate surface area is 158 Å². The second-order valence-corrected chi connectivity index (χ2v) is 10.2. The first-order valence-electron chi connectivity index (χ1n) is 10.3. The van der Waals surface area contributed by atoms with Crippen LogP contribution < -0.4 is 0 Å². The number of piperidine rings is 2. The van der Waals surface area contributed by atoms with Gasteiger partial charge >= 0.3 is 0 Å². The number of ether oxygens (including phenoxy) is 1. The summed E-state index contributed by atoms with van der Waals surface area (Å²) in [5.41, 5.74) is 0. The van der Waals surface area contributed by atoms with Gasteiger partial charge in [-0.3, -0.25) is 4.79 Å². The van der Waals surface area contributed by atoms with Crippen molar-refractivity contribution >= 4 is 15.9 Å². The first kappa shape index (κ1) is 20.1. The van der Waals surface area contributed by atoms with E-state index in [9.17, 15) is 13.2 Å². The molecule has 7 heteroatoms. The summed E-state index contributed by atoms with van der Waals surface area (Å²) in [7, 11) is -3.08. The molecule has 0 atom stereocenters. The number of carbonyl (C=O) groups excluding carboxylic acids is 1. The van der Waals surface area contributed by atoms with Crippen LogP contribution in [0.2, 0.25) is 0 Å². The van der Waals surface area contributed by atoms with Gasteiger partial charge in [0.15, 0.2) is 0 Å². The molecule has 1 aliphatic carbocycles. The molecule has 0 bridgehead atoms. The number of rotatable bonds is 4. The molecule has 3 rings (SSSR count). The normalized spacial score (nSPS) is 26.0. The minimum absolute atomic E-state index is 0.155. The Bertz CT molecular complexity index is 556. The van der Waals surface area contributed by atoms with Crippen molar-refractivity contribution in [1.29, 1.82) is 0 Å². The Morgan fingerprint density at radius 1 is 0.808 bits per heavy atom. The first-order valence-corrected chi connectivity index (χ1v) is 12.2. The summed E-state index contributed by atoms with van der Waals surface area (Å²) in [4.78, 5) is 14.8. The highest BCUT2D eigenvalue weighted by Crippen LogP contribution is 2.27. The molecular formula is C19H34N2O4S. The van der Waals surface area contributed by atoms with Crippen molar-refractivity contribution in [3.8, 4) is 0 Å². The zero-order valence-electron chi connectivity index (χ0n) is 16.1. The van der Waals surface area contributed by atoms with Gasteiger partial charge in [0.1, 0.15) is 0 Å². The molecule has 26 heavy (non-hydrogen) atoms. The van der Waals surface area contributed by atoms with Gasteiger partial charge in [-0.15, -0.1) is 0 Å². The van der Waals surface area contributed by atoms with Crippen molar-refractivity contribution in [1.82, 2.24) is 9.21 Å². The van der Waals surface area contributed by atoms with E-state index in [1.54, 1.807) is 4.31 Å². The van der Waals surface area contributed by atoms with Crippen molar-refractivity contribution in [3.63, 3.8) is 0 Å². The molecule has 0 unspecified atom stereocenters. The van der Waals surface area contributed by atoms with E-state index < -0.39 is 10.0 Å². The Hall–Kier alpha value is -0.660. The number of nitrogens with zero attached hydrogens (tertiary/aromatic N) is 2. The highest BCUT2D eigenvalue weighted by atomic mass is 32.2. The Kier molecular flexibility index (Phi) is 6.97. The van der Waals surface area contributed by atoms with E-state index in [0.717, 1.165) is 51.6 Å². The lowest BCUT2D eigenvalue weighted by molar-refractivity contribution is -0.139. The van der Waals surface area contributed by atoms with Crippen molar-refractivity contribution in [3.05, 3.63) is 0 Å². The Morgan fingerprint density at radius 3 is 1.81 bits per heavy atom. The van der Waals surface area contributed by atoms with E-state index in [-0.39, 0.29) is 18.1 Å². The third-order valence-electron chi connectivity index (χ3n) is 6.21. The summed E-state index contributed by atoms with van der Waals surface area (Å²) >= 11 is 0. The van der Waals surface area contributed by atoms with E-state index in [1.165, 1.54) is 31.9 Å². The lowest BCUT2D eigenvalue weighted by Crippen LogP contribution is -2.46. The summed E-state index contributed by atoms with van der Waals surface area (Å²) in [6.07, 6.45) is 12.1. The first-order chi connectivity index (χ1) is 12.4. The van der Waals surface area contributed by atoms with Crippen LogP contribution >= 0.6 is 0 Å². The number of carbonyl (C=O) groups is 1. The average Bonchev–Trinajstić information content (AvgIpc) is 2.91. The molecule has 0 N–H and O–H groups in total. The van der Waals surface area contributed by atoms with Crippen molar-refractivity contribution in [2.75, 3.05) is 32.4 Å². The summed E-state index contributed by atoms with van der Waals surface area (Å²) < 4.78 is 30.9. The fourth-order valence-electron chi connectivity index (χ4n) is 4.57. The van der Waals surface area contributed by atoms with Crippen molar-refractivity contribution < 1.29 is 17.9 Å². The average molecular weight is 387 g/mol. The van der Waals surface area contributed by atoms with Gasteiger partial charge in [0.05, 0.1) is 18.5 Å². The maximum atomic E-state index is 12.8. The van der Waals surface area contributed by atoms with E-state index >= 15 is 0 Å². The summed E-state index contributed by atoms with van der Waals surface area (Å²) in [6.45, 7) is 2.73. The predicted octanol–water partition coefficient (Wildman–Crippen LogP) is 2.39. The van der Waals surface area contributed by atoms with E-state index in [4.69, 9.17) is 4.74 Å². The minimum atomic E-state index is -3.08. The van der Waals surface area contributed by atoms with Crippen LogP contribution in [0.4, 0.5) is 0 Å². The highest BCUT2D eigenvalue weighted by molar-refractivity contribution is 7.88. The van der Waals surface area contributed by atoms with E-state index in [0.29, 0.717) is 19.0 Å². The zero-order chi connectivity index (χ0) is 18.6. The summed E-state index contributed by atoms with van der Waals surface area (Å²) in [6, 6.07) is 0. The molecule has 2 aliphatic heterocycles. The van der Waals surface area contributed by atoms with Gasteiger partial charge in [-0.2, -0.15) is 0 Å². The van der Waals surface area contributed by atoms with Gasteiger partial charge in [-0.1, -0.05) is 25.7 Å². The smallest absolute Gasteiger partial charge is 0.225 e. The second-order valence-electron chi connectivity index (χ2n) is 8.21. The molecule has 2 saturated heterocycles. The number of hydrogen-bond donors (Lipinski definition) is 0. The fourth-order valence-corrected chi connectivity index (χ4v) is 5.44. The predicted molar refractivity (Wildman–Crippen MR) is 101 cm³/mol. The monoisotopic (exact) mass is 386 g/mol. The SMILES string of the molecule is CS(=O)(=O)N1CCC(OC2CCN(C(=O)C3CCCCCC3)CC2)CC1. The van der Waals surface area contributed by atoms with Crippen molar-refractivity contribution in [2.24, 2.45) is 5.92 Å². The van der Waals surface area contributed by atoms with Gasteiger partial charge < -0.3 is 9.64 Å². The second kappa shape index (κ2) is 9.02. The van der Waals surface area contributed by atoms with Crippen LogP contribution in [-0.2, 0) is 19.6 Å². The fraction of sp³-hybridized carbons (Fsp3) is 0.947. The summed E-state index contributed by atoms with van der Waals surface area (Å²) in [5, 5.41) is 0. The molecule has 6 nitrogen and oxygen atoms in total. The molecule has 1 saturated carbocycles. The van der Waals surface area contributed by atoms with E-state index in [1.807, 2.05) is 0 Å². The molecule has 3 aliphatic rings. The number of hydrogen-bond acceptors (Lipinski definition) is 4. The van der Waals surface area contributed by atoms with Gasteiger partial charge in [-0.25, -0.2) is 12.7 Å². The number of sulfonamides is 1. The Morgan fingerprint density at radius 2 is 1.31 bits per heavy atom. The van der Waals surface area contributed by atoms with Crippen LogP contribution in [0.1, 0.15) is 64.2 Å². The quantitative estimate of drug-likeness (QED) is 0.696. The topological polar surface area (TPSA) is 66.9 Å². The van der Waals surface area contributed by atoms with Crippen molar-refractivity contribution in [2.45, 2.75) is 76.4 Å². The highest BCUT2D eigenvalue weighted by Gasteiger charge is 2.31. The van der Waals surface area contributed by atoms with Crippen LogP contribution in [0.15, 0.2) is 0 Å². The lowest BCUT2D eigenvalue weighted by atomic mass is 9.97. The number of likely N-dealkylation sites (tertiary alicyclic amines) is 1. The standard InChI is InChI=1S/C19H34N2O4S/c1-26(23,24)21-14-10-18(11-15-21)25-17-8-12-20(13-9-17)19(22)16-6-4-2-3-5-7-16/h16-18H,2-15H2,1H3. The molecule has 0 spiro atoms. The lowest BCUT2D eigenvalue weighted by Gasteiger charge is -2.37. The van der Waals surface area contributed by atoms with Crippen LogP contribution in [0, 0.1) is 5.92 Å². The maximum Gasteiger partial charge on any atom is 0.225 e. The van der Waals surface area contributed by atoms with Gasteiger partial charge in [0.2, 0.25) is 15.9 Å². The van der Waals surface area contributed by atoms with Crippen LogP contribution in [0.5, 0.6) is 0 Å². The maximum absolute atomic E-state index is 12.8. The minimum Gasteiger partial charge on any atom is -0.375 e. The largest absolute Gasteiger partial charge is 0.375 e. The van der Waals surface area contributed by atoms with Gasteiger partial charge in [0, 0.05) is 32.1 Å². The van der Waals surface area contributed by atoms with Gasteiger partial charge in [-0.05, 0) is 38.5 Å². The molecule has 3 fully saturated rings. The summed E-state index contributed by atoms with van der Waals surface area (Å²) in [5.74, 6) is 0.613. The third-order valence-corrected chi connectivity index (χ3v) is 7.52.